The van der Waals surface area contributed by atoms with E-state index in [0.29, 0.717) is 25.3 Å². The van der Waals surface area contributed by atoms with Crippen molar-refractivity contribution in [1.82, 2.24) is 14.9 Å². The fraction of sp³-hybridized carbons (Fsp3) is 0.429. The summed E-state index contributed by atoms with van der Waals surface area (Å²) in [5.41, 5.74) is 3.22. The largest absolute Gasteiger partial charge is 0.359 e. The third kappa shape index (κ3) is 3.07. The molecule has 5 heteroatoms. The van der Waals surface area contributed by atoms with E-state index < -0.39 is 0 Å². The fourth-order valence-corrected chi connectivity index (χ4v) is 2.32. The van der Waals surface area contributed by atoms with Crippen LogP contribution in [-0.4, -0.2) is 28.4 Å². The van der Waals surface area contributed by atoms with Crippen LogP contribution >= 0.6 is 11.6 Å². The molecule has 0 saturated heterocycles. The van der Waals surface area contributed by atoms with Crippen LogP contribution in [0.25, 0.3) is 11.0 Å². The van der Waals surface area contributed by atoms with Crippen molar-refractivity contribution < 1.29 is 4.79 Å². The van der Waals surface area contributed by atoms with Crippen LogP contribution in [0.5, 0.6) is 0 Å². The number of aryl methyl sites for hydroxylation is 3. The highest BCUT2D eigenvalue weighted by molar-refractivity contribution is 6.17. The summed E-state index contributed by atoms with van der Waals surface area (Å²) < 4.78 is 2.09. The highest BCUT2D eigenvalue weighted by atomic mass is 35.5. The Morgan fingerprint density at radius 1 is 1.47 bits per heavy atom. The molecule has 0 aliphatic carbocycles. The zero-order chi connectivity index (χ0) is 13.8. The molecule has 19 heavy (non-hydrogen) atoms. The standard InChI is InChI=1S/C14H18ClN3O/c1-10-3-4-12-11(9-10)17-13(5-7-15)18(12)8-6-14(19)16-2/h3-4,9H,5-8H2,1-2H3,(H,16,19). The van der Waals surface area contributed by atoms with Gasteiger partial charge >= 0.3 is 0 Å². The van der Waals surface area contributed by atoms with E-state index in [4.69, 9.17) is 11.6 Å². The van der Waals surface area contributed by atoms with Gasteiger partial charge in [0.05, 0.1) is 11.0 Å². The molecule has 1 heterocycles. The lowest BCUT2D eigenvalue weighted by molar-refractivity contribution is -0.120. The van der Waals surface area contributed by atoms with Crippen LogP contribution in [0.15, 0.2) is 18.2 Å². The minimum Gasteiger partial charge on any atom is -0.359 e. The Balaban J connectivity index is 2.37. The highest BCUT2D eigenvalue weighted by Gasteiger charge is 2.11. The monoisotopic (exact) mass is 279 g/mol. The molecule has 2 rings (SSSR count). The van der Waals surface area contributed by atoms with Crippen molar-refractivity contribution in [2.75, 3.05) is 12.9 Å². The third-order valence-electron chi connectivity index (χ3n) is 3.14. The number of nitrogens with zero attached hydrogens (tertiary/aromatic N) is 2. The number of fused-ring (bicyclic) bond motifs is 1. The highest BCUT2D eigenvalue weighted by Crippen LogP contribution is 2.19. The Morgan fingerprint density at radius 3 is 2.95 bits per heavy atom. The number of alkyl halides is 1. The lowest BCUT2D eigenvalue weighted by Crippen LogP contribution is -2.20. The van der Waals surface area contributed by atoms with Crippen molar-refractivity contribution in [2.24, 2.45) is 0 Å². The number of hydrogen-bond donors (Lipinski definition) is 1. The molecular formula is C14H18ClN3O. The normalized spacial score (nSPS) is 10.9. The smallest absolute Gasteiger partial charge is 0.221 e. The summed E-state index contributed by atoms with van der Waals surface area (Å²) in [6.07, 6.45) is 1.16. The van der Waals surface area contributed by atoms with Crippen LogP contribution < -0.4 is 5.32 Å². The van der Waals surface area contributed by atoms with Gasteiger partial charge in [-0.3, -0.25) is 4.79 Å². The van der Waals surface area contributed by atoms with Crippen molar-refractivity contribution >= 4 is 28.5 Å². The maximum absolute atomic E-state index is 11.4. The van der Waals surface area contributed by atoms with Crippen LogP contribution in [0.1, 0.15) is 17.8 Å². The van der Waals surface area contributed by atoms with Crippen LogP contribution in [0, 0.1) is 6.92 Å². The summed E-state index contributed by atoms with van der Waals surface area (Å²) in [4.78, 5) is 16.0. The molecule has 1 aromatic heterocycles. The number of benzene rings is 1. The number of aromatic nitrogens is 2. The second-order valence-corrected chi connectivity index (χ2v) is 4.91. The van der Waals surface area contributed by atoms with Crippen molar-refractivity contribution in [3.8, 4) is 0 Å². The first-order valence-electron chi connectivity index (χ1n) is 6.38. The van der Waals surface area contributed by atoms with E-state index >= 15 is 0 Å². The lowest BCUT2D eigenvalue weighted by atomic mass is 10.2. The summed E-state index contributed by atoms with van der Waals surface area (Å²) in [6.45, 7) is 2.68. The SMILES string of the molecule is CNC(=O)CCn1c(CCCl)nc2cc(C)ccc21. The van der Waals surface area contributed by atoms with Crippen LogP contribution in [0.3, 0.4) is 0 Å². The zero-order valence-electron chi connectivity index (χ0n) is 11.2. The van der Waals surface area contributed by atoms with E-state index in [9.17, 15) is 4.79 Å². The Labute approximate surface area is 117 Å². The molecule has 0 spiro atoms. The van der Waals surface area contributed by atoms with Gasteiger partial charge in [-0.2, -0.15) is 0 Å². The zero-order valence-corrected chi connectivity index (χ0v) is 12.0. The molecule has 0 radical (unpaired) electrons. The molecule has 0 aliphatic heterocycles. The van der Waals surface area contributed by atoms with Gasteiger partial charge < -0.3 is 9.88 Å². The lowest BCUT2D eigenvalue weighted by Gasteiger charge is -2.08. The van der Waals surface area contributed by atoms with Gasteiger partial charge in [-0.15, -0.1) is 11.6 Å². The topological polar surface area (TPSA) is 46.9 Å². The van der Waals surface area contributed by atoms with Gasteiger partial charge in [0.1, 0.15) is 5.82 Å². The Morgan fingerprint density at radius 2 is 2.26 bits per heavy atom. The van der Waals surface area contributed by atoms with E-state index in [-0.39, 0.29) is 5.91 Å². The van der Waals surface area contributed by atoms with E-state index in [1.165, 1.54) is 5.56 Å². The predicted molar refractivity (Wildman–Crippen MR) is 77.6 cm³/mol. The molecule has 4 nitrogen and oxygen atoms in total. The quantitative estimate of drug-likeness (QED) is 0.854. The van der Waals surface area contributed by atoms with E-state index in [2.05, 4.69) is 33.1 Å². The number of halogens is 1. The first-order valence-corrected chi connectivity index (χ1v) is 6.91. The fourth-order valence-electron chi connectivity index (χ4n) is 2.15. The summed E-state index contributed by atoms with van der Waals surface area (Å²) >= 11 is 5.82. The van der Waals surface area contributed by atoms with Crippen molar-refractivity contribution in [1.29, 1.82) is 0 Å². The minimum absolute atomic E-state index is 0.0331. The second kappa shape index (κ2) is 6.06. The summed E-state index contributed by atoms with van der Waals surface area (Å²) in [5.74, 6) is 1.51. The number of imidazole rings is 1. The number of nitrogens with one attached hydrogen (secondary N) is 1. The molecule has 1 aromatic carbocycles. The van der Waals surface area contributed by atoms with E-state index in [1.807, 2.05) is 6.92 Å². The maximum Gasteiger partial charge on any atom is 0.221 e. The van der Waals surface area contributed by atoms with E-state index in [0.717, 1.165) is 16.9 Å². The number of hydrogen-bond acceptors (Lipinski definition) is 2. The van der Waals surface area contributed by atoms with Gasteiger partial charge in [-0.25, -0.2) is 4.98 Å². The van der Waals surface area contributed by atoms with Gasteiger partial charge in [0.2, 0.25) is 5.91 Å². The van der Waals surface area contributed by atoms with E-state index in [1.54, 1.807) is 7.05 Å². The first kappa shape index (κ1) is 13.9. The molecule has 0 aliphatic rings. The van der Waals surface area contributed by atoms with Gasteiger partial charge in [-0.05, 0) is 24.6 Å². The maximum atomic E-state index is 11.4. The summed E-state index contributed by atoms with van der Waals surface area (Å²) in [5, 5.41) is 2.64. The van der Waals surface area contributed by atoms with Crippen molar-refractivity contribution in [3.05, 3.63) is 29.6 Å². The van der Waals surface area contributed by atoms with Gasteiger partial charge in [-0.1, -0.05) is 6.07 Å². The van der Waals surface area contributed by atoms with Crippen LogP contribution in [0.2, 0.25) is 0 Å². The first-order chi connectivity index (χ1) is 9.15. The molecule has 0 unspecified atom stereocenters. The summed E-state index contributed by atoms with van der Waals surface area (Å²) in [6, 6.07) is 6.17. The van der Waals surface area contributed by atoms with Gasteiger partial charge in [0, 0.05) is 32.3 Å². The third-order valence-corrected chi connectivity index (χ3v) is 3.33. The van der Waals surface area contributed by atoms with Gasteiger partial charge in [0.25, 0.3) is 0 Å². The second-order valence-electron chi connectivity index (χ2n) is 4.53. The molecule has 102 valence electrons. The molecule has 1 amide bonds. The Bertz CT molecular complexity index is 592. The Hall–Kier alpha value is -1.55. The molecule has 0 atom stereocenters. The van der Waals surface area contributed by atoms with Crippen LogP contribution in [0.4, 0.5) is 0 Å². The number of carbonyl (C=O) groups excluding carboxylic acids is 1. The Kier molecular flexibility index (Phi) is 4.43. The molecule has 0 saturated carbocycles. The van der Waals surface area contributed by atoms with Gasteiger partial charge in [0.15, 0.2) is 0 Å². The number of rotatable bonds is 5. The molecule has 0 fully saturated rings. The summed E-state index contributed by atoms with van der Waals surface area (Å²) in [7, 11) is 1.65. The molecule has 2 aromatic rings. The minimum atomic E-state index is 0.0331. The van der Waals surface area contributed by atoms with Crippen molar-refractivity contribution in [3.63, 3.8) is 0 Å². The molecular weight excluding hydrogens is 262 g/mol. The average Bonchev–Trinajstić information content (AvgIpc) is 2.73. The van der Waals surface area contributed by atoms with Crippen LogP contribution in [-0.2, 0) is 17.8 Å². The molecule has 1 N–H and O–H groups in total. The van der Waals surface area contributed by atoms with Crippen molar-refractivity contribution in [2.45, 2.75) is 26.3 Å². The predicted octanol–water partition coefficient (Wildman–Crippen LogP) is 2.26. The molecule has 0 bridgehead atoms. The average molecular weight is 280 g/mol. The number of carbonyl (C=O) groups is 1. The number of amides is 1.